The quantitative estimate of drug-likeness (QED) is 0.0959. The molecule has 0 fully saturated rings. The summed E-state index contributed by atoms with van der Waals surface area (Å²) in [5, 5.41) is 0. The molecular formula is C32H64O2. The fourth-order valence-electron chi connectivity index (χ4n) is 5.40. The van der Waals surface area contributed by atoms with E-state index in [2.05, 4.69) is 34.6 Å². The van der Waals surface area contributed by atoms with Crippen molar-refractivity contribution in [1.29, 1.82) is 0 Å². The topological polar surface area (TPSA) is 26.3 Å². The Hall–Kier alpha value is -0.530. The molecule has 4 atom stereocenters. The van der Waals surface area contributed by atoms with Crippen LogP contribution in [-0.2, 0) is 9.53 Å². The zero-order chi connectivity index (χ0) is 25.4. The highest BCUT2D eigenvalue weighted by Gasteiger charge is 2.19. The maximum absolute atomic E-state index is 12.3. The van der Waals surface area contributed by atoms with Gasteiger partial charge in [-0.15, -0.1) is 0 Å². The van der Waals surface area contributed by atoms with Gasteiger partial charge in [-0.3, -0.25) is 4.79 Å². The van der Waals surface area contributed by atoms with Gasteiger partial charge in [-0.2, -0.15) is 0 Å². The van der Waals surface area contributed by atoms with Gasteiger partial charge in [-0.25, -0.2) is 0 Å². The molecule has 34 heavy (non-hydrogen) atoms. The van der Waals surface area contributed by atoms with Gasteiger partial charge < -0.3 is 4.74 Å². The molecule has 0 rings (SSSR count). The molecule has 0 radical (unpaired) electrons. The molecule has 0 amide bonds. The molecule has 2 heteroatoms. The standard InChI is InChI=1S/C32H64O2/c1-7-9-10-11-12-13-14-15-16-17-18-19-20-21-22-23-24-34-32(33)31(6)27-30(5)26-29(4)25-28(3)8-2/h28-31H,7-27H2,1-6H3. The van der Waals surface area contributed by atoms with E-state index < -0.39 is 0 Å². The summed E-state index contributed by atoms with van der Waals surface area (Å²) in [6.45, 7) is 14.2. The Bertz CT molecular complexity index is 433. The van der Waals surface area contributed by atoms with E-state index in [-0.39, 0.29) is 11.9 Å². The van der Waals surface area contributed by atoms with Crippen molar-refractivity contribution in [2.45, 2.75) is 170 Å². The van der Waals surface area contributed by atoms with Gasteiger partial charge >= 0.3 is 5.97 Å². The second kappa shape index (κ2) is 24.2. The van der Waals surface area contributed by atoms with Crippen LogP contribution in [0.3, 0.4) is 0 Å². The van der Waals surface area contributed by atoms with Crippen molar-refractivity contribution in [1.82, 2.24) is 0 Å². The van der Waals surface area contributed by atoms with Gasteiger partial charge in [0.15, 0.2) is 0 Å². The van der Waals surface area contributed by atoms with Crippen LogP contribution in [0.2, 0.25) is 0 Å². The van der Waals surface area contributed by atoms with E-state index in [1.165, 1.54) is 116 Å². The van der Waals surface area contributed by atoms with Gasteiger partial charge in [0.05, 0.1) is 12.5 Å². The largest absolute Gasteiger partial charge is 0.465 e. The average Bonchev–Trinajstić information content (AvgIpc) is 2.80. The van der Waals surface area contributed by atoms with Crippen molar-refractivity contribution in [3.8, 4) is 0 Å². The molecule has 0 aliphatic rings. The molecule has 0 saturated carbocycles. The molecular weight excluding hydrogens is 416 g/mol. The van der Waals surface area contributed by atoms with Crippen LogP contribution >= 0.6 is 0 Å². The van der Waals surface area contributed by atoms with E-state index in [1.54, 1.807) is 0 Å². The summed E-state index contributed by atoms with van der Waals surface area (Å²) < 4.78 is 5.57. The zero-order valence-electron chi connectivity index (χ0n) is 24.5. The first-order valence-corrected chi connectivity index (χ1v) is 15.6. The lowest BCUT2D eigenvalue weighted by Gasteiger charge is -2.22. The molecule has 0 aromatic heterocycles. The molecule has 0 spiro atoms. The number of esters is 1. The molecule has 0 aliphatic carbocycles. The van der Waals surface area contributed by atoms with Crippen molar-refractivity contribution >= 4 is 5.97 Å². The van der Waals surface area contributed by atoms with Crippen molar-refractivity contribution in [3.63, 3.8) is 0 Å². The van der Waals surface area contributed by atoms with Gasteiger partial charge in [0.25, 0.3) is 0 Å². The Morgan fingerprint density at radius 2 is 0.912 bits per heavy atom. The number of hydrogen-bond donors (Lipinski definition) is 0. The minimum Gasteiger partial charge on any atom is -0.465 e. The Balaban J connectivity index is 3.48. The van der Waals surface area contributed by atoms with Gasteiger partial charge in [-0.05, 0) is 43.4 Å². The van der Waals surface area contributed by atoms with Crippen LogP contribution in [0.25, 0.3) is 0 Å². The first-order chi connectivity index (χ1) is 16.4. The van der Waals surface area contributed by atoms with Crippen molar-refractivity contribution in [2.75, 3.05) is 6.61 Å². The molecule has 0 aliphatic heterocycles. The van der Waals surface area contributed by atoms with Crippen molar-refractivity contribution < 1.29 is 9.53 Å². The van der Waals surface area contributed by atoms with E-state index in [9.17, 15) is 4.79 Å². The lowest BCUT2D eigenvalue weighted by molar-refractivity contribution is -0.148. The maximum Gasteiger partial charge on any atom is 0.308 e. The fourth-order valence-corrected chi connectivity index (χ4v) is 5.40. The molecule has 4 unspecified atom stereocenters. The maximum atomic E-state index is 12.3. The highest BCUT2D eigenvalue weighted by Crippen LogP contribution is 2.25. The average molecular weight is 481 g/mol. The molecule has 0 bridgehead atoms. The van der Waals surface area contributed by atoms with Crippen molar-refractivity contribution in [3.05, 3.63) is 0 Å². The lowest BCUT2D eigenvalue weighted by atomic mass is 9.85. The minimum absolute atomic E-state index is 0.0161. The predicted octanol–water partition coefficient (Wildman–Crippen LogP) is 10.9. The van der Waals surface area contributed by atoms with E-state index in [0.717, 1.165) is 24.7 Å². The highest BCUT2D eigenvalue weighted by molar-refractivity contribution is 5.71. The molecule has 0 saturated heterocycles. The summed E-state index contributed by atoms with van der Waals surface area (Å²) in [4.78, 5) is 12.3. The number of carbonyl (C=O) groups is 1. The summed E-state index contributed by atoms with van der Waals surface area (Å²) >= 11 is 0. The summed E-state index contributed by atoms with van der Waals surface area (Å²) in [6.07, 6.45) is 26.7. The molecule has 0 N–H and O–H groups in total. The molecule has 204 valence electrons. The van der Waals surface area contributed by atoms with Crippen LogP contribution < -0.4 is 0 Å². The summed E-state index contributed by atoms with van der Waals surface area (Å²) in [7, 11) is 0. The molecule has 0 heterocycles. The Morgan fingerprint density at radius 3 is 1.35 bits per heavy atom. The third-order valence-corrected chi connectivity index (χ3v) is 7.71. The number of unbranched alkanes of at least 4 members (excludes halogenated alkanes) is 15. The van der Waals surface area contributed by atoms with E-state index >= 15 is 0 Å². The number of hydrogen-bond acceptors (Lipinski definition) is 2. The molecule has 0 aromatic rings. The van der Waals surface area contributed by atoms with Crippen molar-refractivity contribution in [2.24, 2.45) is 23.7 Å². The summed E-state index contributed by atoms with van der Waals surface area (Å²) in [5.41, 5.74) is 0. The minimum atomic E-state index is 0.0161. The smallest absolute Gasteiger partial charge is 0.308 e. The molecule has 2 nitrogen and oxygen atoms in total. The summed E-state index contributed by atoms with van der Waals surface area (Å²) in [5.74, 6) is 2.20. The predicted molar refractivity (Wildman–Crippen MR) is 151 cm³/mol. The van der Waals surface area contributed by atoms with Gasteiger partial charge in [0.2, 0.25) is 0 Å². The van der Waals surface area contributed by atoms with E-state index in [1.807, 2.05) is 6.92 Å². The van der Waals surface area contributed by atoms with Crippen LogP contribution in [0.5, 0.6) is 0 Å². The summed E-state index contributed by atoms with van der Waals surface area (Å²) in [6, 6.07) is 0. The first-order valence-electron chi connectivity index (χ1n) is 15.6. The fraction of sp³-hybridized carbons (Fsp3) is 0.969. The van der Waals surface area contributed by atoms with Crippen LogP contribution in [-0.4, -0.2) is 12.6 Å². The van der Waals surface area contributed by atoms with Crippen LogP contribution in [0, 0.1) is 23.7 Å². The number of ether oxygens (including phenoxy) is 1. The van der Waals surface area contributed by atoms with Gasteiger partial charge in [0, 0.05) is 0 Å². The lowest BCUT2D eigenvalue weighted by Crippen LogP contribution is -2.19. The SMILES string of the molecule is CCCCCCCCCCCCCCCCCCOC(=O)C(C)CC(C)CC(C)CC(C)CC. The zero-order valence-corrected chi connectivity index (χ0v) is 24.5. The normalized spacial score (nSPS) is 15.1. The van der Waals surface area contributed by atoms with Crippen LogP contribution in [0.1, 0.15) is 170 Å². The second-order valence-electron chi connectivity index (χ2n) is 11.8. The third kappa shape index (κ3) is 22.0. The highest BCUT2D eigenvalue weighted by atomic mass is 16.5. The number of rotatable bonds is 25. The monoisotopic (exact) mass is 480 g/mol. The van der Waals surface area contributed by atoms with Gasteiger partial charge in [0.1, 0.15) is 0 Å². The van der Waals surface area contributed by atoms with E-state index in [0.29, 0.717) is 12.5 Å². The Labute approximate surface area is 215 Å². The van der Waals surface area contributed by atoms with E-state index in [4.69, 9.17) is 4.74 Å². The Kier molecular flexibility index (Phi) is 23.8. The number of carbonyl (C=O) groups excluding carboxylic acids is 1. The second-order valence-corrected chi connectivity index (χ2v) is 11.8. The third-order valence-electron chi connectivity index (χ3n) is 7.71. The van der Waals surface area contributed by atoms with Gasteiger partial charge in [-0.1, -0.05) is 144 Å². The van der Waals surface area contributed by atoms with Crippen LogP contribution in [0.4, 0.5) is 0 Å². The first kappa shape index (κ1) is 33.5. The molecule has 0 aromatic carbocycles. The van der Waals surface area contributed by atoms with Crippen LogP contribution in [0.15, 0.2) is 0 Å². The Morgan fingerprint density at radius 1 is 0.529 bits per heavy atom.